The molecule has 0 aromatic carbocycles. The van der Waals surface area contributed by atoms with Gasteiger partial charge in [0.2, 0.25) is 11.8 Å². The smallest absolute Gasteiger partial charge is 0.288 e. The van der Waals surface area contributed by atoms with Crippen LogP contribution in [0.1, 0.15) is 94.4 Å². The lowest BCUT2D eigenvalue weighted by atomic mass is 9.77. The number of thioether (sulfide) groups is 1. The number of aliphatic hydroxyl groups is 2. The highest BCUT2D eigenvalue weighted by molar-refractivity contribution is 7.98. The Balaban J connectivity index is 1.78. The summed E-state index contributed by atoms with van der Waals surface area (Å²) >= 11 is 1.66. The molecule has 0 radical (unpaired) electrons. The van der Waals surface area contributed by atoms with Gasteiger partial charge in [0, 0.05) is 58.6 Å². The molecule has 4 saturated heterocycles. The number of carbonyl (C=O) groups is 2. The summed E-state index contributed by atoms with van der Waals surface area (Å²) in [4.78, 5) is 36.3. The number of nitrogens with zero attached hydrogens (tertiary/aromatic N) is 3. The first-order valence-corrected chi connectivity index (χ1v) is 21.2. The first-order chi connectivity index (χ1) is 25.2. The lowest BCUT2D eigenvalue weighted by Crippen LogP contribution is -2.60. The van der Waals surface area contributed by atoms with Crippen LogP contribution in [0, 0.1) is 17.8 Å². The predicted molar refractivity (Wildman–Crippen MR) is 208 cm³/mol. The van der Waals surface area contributed by atoms with Gasteiger partial charge in [0.15, 0.2) is 18.7 Å². The molecule has 54 heavy (non-hydrogen) atoms. The summed E-state index contributed by atoms with van der Waals surface area (Å²) in [5.41, 5.74) is -2.45. The van der Waals surface area contributed by atoms with Crippen LogP contribution in [0.2, 0.25) is 0 Å². The summed E-state index contributed by atoms with van der Waals surface area (Å²) in [5, 5.41) is 26.8. The van der Waals surface area contributed by atoms with E-state index in [0.717, 1.165) is 5.75 Å². The molecule has 0 saturated carbocycles. The number of fused-ring (bicyclic) bond motifs is 1. The lowest BCUT2D eigenvalue weighted by molar-refractivity contribution is -0.313. The number of carbonyl (C=O) groups excluding carboxylic acids is 2. The van der Waals surface area contributed by atoms with E-state index >= 15 is 0 Å². The number of aliphatic imine (C=N–C) groups is 1. The van der Waals surface area contributed by atoms with Crippen LogP contribution < -0.4 is 5.32 Å². The third-order valence-electron chi connectivity index (χ3n) is 11.8. The minimum Gasteiger partial charge on any atom is -0.454 e. The molecule has 4 fully saturated rings. The first kappa shape index (κ1) is 45.0. The van der Waals surface area contributed by atoms with Crippen molar-refractivity contribution in [2.45, 2.75) is 173 Å². The Morgan fingerprint density at radius 2 is 1.76 bits per heavy atom. The van der Waals surface area contributed by atoms with Crippen molar-refractivity contribution >= 4 is 29.6 Å². The zero-order valence-corrected chi connectivity index (χ0v) is 35.8. The van der Waals surface area contributed by atoms with Gasteiger partial charge >= 0.3 is 0 Å². The lowest BCUT2D eigenvalue weighted by Gasteiger charge is -2.48. The maximum atomic E-state index is 14.3. The molecule has 0 aromatic heterocycles. The van der Waals surface area contributed by atoms with Crippen molar-refractivity contribution in [1.82, 2.24) is 15.1 Å². The SMILES string of the molecule is COC1(C)C[C@H](OC2C(C)C(=O)N[C@H](CCSC)CC(=O)N(C)C[C@H](C)C[C@@](C)(O)[C@H](OC3O[C@H](C)C[C@H]4[C@H]3O/C(=N/C(C)C)N4C)[C@H]2C)O[C@@H](C)[C@@H]1O. The van der Waals surface area contributed by atoms with E-state index in [2.05, 4.69) is 5.32 Å². The van der Waals surface area contributed by atoms with Crippen molar-refractivity contribution in [3.05, 3.63) is 0 Å². The number of hydrogen-bond donors (Lipinski definition) is 3. The fourth-order valence-electron chi connectivity index (χ4n) is 8.74. The average molecular weight is 787 g/mol. The van der Waals surface area contributed by atoms with Crippen molar-refractivity contribution in [3.8, 4) is 0 Å². The zero-order valence-electron chi connectivity index (χ0n) is 34.9. The second-order valence-electron chi connectivity index (χ2n) is 17.2. The summed E-state index contributed by atoms with van der Waals surface area (Å²) in [6.07, 6.45) is -1.76. The van der Waals surface area contributed by atoms with E-state index in [0.29, 0.717) is 25.4 Å². The quantitative estimate of drug-likeness (QED) is 0.313. The van der Waals surface area contributed by atoms with Crippen molar-refractivity contribution in [2.24, 2.45) is 22.7 Å². The van der Waals surface area contributed by atoms with E-state index in [4.69, 9.17) is 33.4 Å². The number of amides is 2. The Hall–Kier alpha value is -1.72. The normalized spacial score (nSPS) is 43.9. The average Bonchev–Trinajstić information content (AvgIpc) is 3.39. The van der Waals surface area contributed by atoms with Gasteiger partial charge < -0.3 is 53.8 Å². The van der Waals surface area contributed by atoms with Gasteiger partial charge in [0.05, 0.1) is 47.6 Å². The van der Waals surface area contributed by atoms with Crippen LogP contribution >= 0.6 is 11.8 Å². The second kappa shape index (κ2) is 18.7. The molecule has 15 atom stereocenters. The summed E-state index contributed by atoms with van der Waals surface area (Å²) < 4.78 is 38.8. The van der Waals surface area contributed by atoms with Crippen LogP contribution in [0.3, 0.4) is 0 Å². The molecular weight excluding hydrogens is 717 g/mol. The second-order valence-corrected chi connectivity index (χ2v) is 18.2. The molecule has 2 amide bonds. The van der Waals surface area contributed by atoms with Crippen molar-refractivity contribution in [1.29, 1.82) is 0 Å². The molecule has 0 spiro atoms. The van der Waals surface area contributed by atoms with Gasteiger partial charge in [-0.1, -0.05) is 20.8 Å². The number of rotatable bonds is 9. The minimum atomic E-state index is -1.48. The molecule has 312 valence electrons. The standard InChI is InChI=1S/C39H70N4O10S/c1-21(2)40-37-43(11)28-16-23(4)49-36(32(28)52-37)53-34-24(5)31(51-30-19-39(9,48-12)33(45)26(7)50-30)25(6)35(46)41-27(14-15-54-13)17-29(44)42(10)20-22(3)18-38(34,8)47/h21-28,30-34,36,45,47H,14-20H2,1-13H3,(H,41,46)/b40-37+/t22-,23-,24+,25?,26+,27-,28+,30+,31?,32-,33+,34-,36?,38-,39?/m1/s1. The van der Waals surface area contributed by atoms with Gasteiger partial charge in [0.25, 0.3) is 6.02 Å². The van der Waals surface area contributed by atoms with Gasteiger partial charge in [-0.05, 0) is 78.7 Å². The van der Waals surface area contributed by atoms with Gasteiger partial charge in [-0.15, -0.1) is 0 Å². The third-order valence-corrected chi connectivity index (χ3v) is 12.4. The zero-order chi connectivity index (χ0) is 40.3. The van der Waals surface area contributed by atoms with Crippen LogP contribution in [0.4, 0.5) is 0 Å². The summed E-state index contributed by atoms with van der Waals surface area (Å²) in [6.45, 7) is 17.5. The van der Waals surface area contributed by atoms with E-state index in [1.54, 1.807) is 51.6 Å². The van der Waals surface area contributed by atoms with Crippen molar-refractivity contribution in [3.63, 3.8) is 0 Å². The Morgan fingerprint density at radius 1 is 1.07 bits per heavy atom. The van der Waals surface area contributed by atoms with Crippen LogP contribution in [0.25, 0.3) is 0 Å². The molecule has 4 rings (SSSR count). The third kappa shape index (κ3) is 10.6. The molecule has 3 N–H and O–H groups in total. The molecule has 4 aliphatic rings. The van der Waals surface area contributed by atoms with Crippen LogP contribution in [-0.4, -0.2) is 156 Å². The van der Waals surface area contributed by atoms with Crippen LogP contribution in [-0.2, 0) is 38.0 Å². The number of nitrogens with one attached hydrogen (secondary N) is 1. The topological polar surface area (TPSA) is 161 Å². The predicted octanol–water partition coefficient (Wildman–Crippen LogP) is 3.41. The fraction of sp³-hybridized carbons (Fsp3) is 0.923. The van der Waals surface area contributed by atoms with E-state index in [-0.39, 0.29) is 61.2 Å². The van der Waals surface area contributed by atoms with Crippen LogP contribution in [0.5, 0.6) is 0 Å². The van der Waals surface area contributed by atoms with E-state index < -0.39 is 66.1 Å². The van der Waals surface area contributed by atoms with Crippen molar-refractivity contribution in [2.75, 3.05) is 39.8 Å². The summed E-state index contributed by atoms with van der Waals surface area (Å²) in [7, 11) is 5.28. The highest BCUT2D eigenvalue weighted by Crippen LogP contribution is 2.40. The van der Waals surface area contributed by atoms with E-state index in [1.165, 1.54) is 0 Å². The molecular formula is C39H70N4O10S. The van der Waals surface area contributed by atoms with Gasteiger partial charge in [-0.2, -0.15) is 11.8 Å². The Labute approximate surface area is 327 Å². The molecule has 14 nitrogen and oxygen atoms in total. The van der Waals surface area contributed by atoms with E-state index in [9.17, 15) is 19.8 Å². The highest BCUT2D eigenvalue weighted by atomic mass is 32.2. The Kier molecular flexibility index (Phi) is 15.6. The molecule has 0 aliphatic carbocycles. The number of amidine groups is 1. The monoisotopic (exact) mass is 786 g/mol. The molecule has 0 bridgehead atoms. The maximum Gasteiger partial charge on any atom is 0.288 e. The molecule has 4 heterocycles. The number of aliphatic hydroxyl groups excluding tert-OH is 1. The summed E-state index contributed by atoms with van der Waals surface area (Å²) in [6, 6.07) is 0.0902. The largest absolute Gasteiger partial charge is 0.454 e. The van der Waals surface area contributed by atoms with Gasteiger partial charge in [0.1, 0.15) is 6.10 Å². The molecule has 4 aliphatic heterocycles. The maximum absolute atomic E-state index is 14.3. The Morgan fingerprint density at radius 3 is 2.39 bits per heavy atom. The fourth-order valence-corrected chi connectivity index (χ4v) is 9.26. The highest BCUT2D eigenvalue weighted by Gasteiger charge is 2.54. The van der Waals surface area contributed by atoms with Crippen LogP contribution in [0.15, 0.2) is 4.99 Å². The number of hydrogen-bond acceptors (Lipinski definition) is 12. The number of likely N-dealkylation sites (N-methyl/N-ethyl adjacent to an activating group) is 1. The number of ether oxygens (including phenoxy) is 6. The summed E-state index contributed by atoms with van der Waals surface area (Å²) in [5.74, 6) is -1.09. The van der Waals surface area contributed by atoms with E-state index in [1.807, 2.05) is 59.7 Å². The first-order valence-electron chi connectivity index (χ1n) is 19.8. The Bertz CT molecular complexity index is 1290. The van der Waals surface area contributed by atoms with Crippen molar-refractivity contribution < 1.29 is 48.2 Å². The number of methoxy groups -OCH3 is 1. The van der Waals surface area contributed by atoms with Gasteiger partial charge in [-0.3, -0.25) is 9.59 Å². The van der Waals surface area contributed by atoms with Gasteiger partial charge in [-0.25, -0.2) is 4.99 Å². The molecule has 4 unspecified atom stereocenters. The minimum absolute atomic E-state index is 0.0174. The molecule has 0 aromatic rings. The molecule has 15 heteroatoms.